The van der Waals surface area contributed by atoms with Crippen molar-refractivity contribution in [2.75, 3.05) is 0 Å². The molecule has 0 N–H and O–H groups in total. The van der Waals surface area contributed by atoms with Gasteiger partial charge in [-0.3, -0.25) is 0 Å². The van der Waals surface area contributed by atoms with Crippen molar-refractivity contribution in [1.82, 2.24) is 9.38 Å². The van der Waals surface area contributed by atoms with Gasteiger partial charge in [-0.1, -0.05) is 41.5 Å². The van der Waals surface area contributed by atoms with Crippen LogP contribution in [0.2, 0.25) is 0 Å². The molecule has 98 valence electrons. The Labute approximate surface area is 110 Å². The highest BCUT2D eigenvalue weighted by Crippen LogP contribution is 2.37. The lowest BCUT2D eigenvalue weighted by atomic mass is 9.80. The fourth-order valence-electron chi connectivity index (χ4n) is 2.50. The average molecular weight is 244 g/mol. The second-order valence-corrected chi connectivity index (χ2v) is 6.59. The van der Waals surface area contributed by atoms with Gasteiger partial charge in [0.1, 0.15) is 5.65 Å². The van der Waals surface area contributed by atoms with Gasteiger partial charge < -0.3 is 4.40 Å². The van der Waals surface area contributed by atoms with E-state index in [0.717, 1.165) is 5.65 Å². The van der Waals surface area contributed by atoms with Gasteiger partial charge in [-0.15, -0.1) is 0 Å². The molecular weight excluding hydrogens is 220 g/mol. The number of fused-ring (bicyclic) bond motifs is 1. The van der Waals surface area contributed by atoms with Crippen LogP contribution >= 0.6 is 0 Å². The maximum Gasteiger partial charge on any atom is 0.140 e. The second-order valence-electron chi connectivity index (χ2n) is 6.59. The highest BCUT2D eigenvalue weighted by Gasteiger charge is 2.27. The van der Waals surface area contributed by atoms with Crippen LogP contribution in [-0.2, 0) is 5.41 Å². The lowest BCUT2D eigenvalue weighted by molar-refractivity contribution is 0.513. The number of aromatic nitrogens is 2. The summed E-state index contributed by atoms with van der Waals surface area (Å²) in [5.41, 5.74) is 4.06. The lowest BCUT2D eigenvalue weighted by Crippen LogP contribution is -2.16. The van der Waals surface area contributed by atoms with E-state index in [4.69, 9.17) is 0 Å². The van der Waals surface area contributed by atoms with Crippen molar-refractivity contribution < 1.29 is 0 Å². The van der Waals surface area contributed by atoms with Crippen LogP contribution in [0.4, 0.5) is 0 Å². The minimum Gasteiger partial charge on any atom is -0.308 e. The minimum atomic E-state index is 0.127. The Bertz CT molecular complexity index is 544. The third-order valence-electron chi connectivity index (χ3n) is 3.81. The first-order chi connectivity index (χ1) is 8.32. The first kappa shape index (κ1) is 13.1. The molecule has 0 bridgehead atoms. The molecule has 2 rings (SSSR count). The smallest absolute Gasteiger partial charge is 0.140 e. The van der Waals surface area contributed by atoms with E-state index in [9.17, 15) is 0 Å². The van der Waals surface area contributed by atoms with Crippen LogP contribution in [0.5, 0.6) is 0 Å². The molecule has 2 aromatic rings. The first-order valence-corrected chi connectivity index (χ1v) is 6.78. The third kappa shape index (κ3) is 2.16. The van der Waals surface area contributed by atoms with E-state index in [1.165, 1.54) is 11.1 Å². The summed E-state index contributed by atoms with van der Waals surface area (Å²) in [7, 11) is 0. The molecule has 0 saturated heterocycles. The predicted molar refractivity (Wildman–Crippen MR) is 77.1 cm³/mol. The average Bonchev–Trinajstić information content (AvgIpc) is 2.66. The Hall–Kier alpha value is -1.31. The van der Waals surface area contributed by atoms with Crippen LogP contribution in [0.15, 0.2) is 24.7 Å². The summed E-state index contributed by atoms with van der Waals surface area (Å²) in [4.78, 5) is 4.57. The molecule has 0 fully saturated rings. The zero-order valence-corrected chi connectivity index (χ0v) is 12.4. The van der Waals surface area contributed by atoms with Gasteiger partial charge in [0.15, 0.2) is 0 Å². The van der Waals surface area contributed by atoms with Crippen LogP contribution in [0.1, 0.15) is 58.6 Å². The molecule has 0 amide bonds. The highest BCUT2D eigenvalue weighted by molar-refractivity contribution is 5.57. The van der Waals surface area contributed by atoms with Gasteiger partial charge in [-0.25, -0.2) is 4.98 Å². The SMILES string of the molecule is CC(C)C(C)c1cn2cccnc2c1C(C)(C)C. The fraction of sp³-hybridized carbons (Fsp3) is 0.562. The van der Waals surface area contributed by atoms with Crippen LogP contribution < -0.4 is 0 Å². The maximum absolute atomic E-state index is 4.57. The molecule has 18 heavy (non-hydrogen) atoms. The van der Waals surface area contributed by atoms with E-state index in [-0.39, 0.29) is 5.41 Å². The summed E-state index contributed by atoms with van der Waals surface area (Å²) < 4.78 is 2.16. The van der Waals surface area contributed by atoms with Gasteiger partial charge in [0.05, 0.1) is 0 Å². The molecule has 1 unspecified atom stereocenters. The zero-order chi connectivity index (χ0) is 13.5. The summed E-state index contributed by atoms with van der Waals surface area (Å²) in [6, 6.07) is 1.99. The van der Waals surface area contributed by atoms with Gasteiger partial charge in [-0.05, 0) is 28.9 Å². The summed E-state index contributed by atoms with van der Waals surface area (Å²) in [5, 5.41) is 0. The maximum atomic E-state index is 4.57. The van der Waals surface area contributed by atoms with Gasteiger partial charge in [0.2, 0.25) is 0 Å². The van der Waals surface area contributed by atoms with Crippen molar-refractivity contribution in [1.29, 1.82) is 0 Å². The highest BCUT2D eigenvalue weighted by atomic mass is 15.0. The first-order valence-electron chi connectivity index (χ1n) is 6.78. The summed E-state index contributed by atoms with van der Waals surface area (Å²) in [5.74, 6) is 1.20. The fourth-order valence-corrected chi connectivity index (χ4v) is 2.50. The Balaban J connectivity index is 2.72. The van der Waals surface area contributed by atoms with E-state index in [1.807, 2.05) is 12.3 Å². The van der Waals surface area contributed by atoms with Crippen molar-refractivity contribution in [2.45, 2.75) is 52.9 Å². The second kappa shape index (κ2) is 4.42. The van der Waals surface area contributed by atoms with Gasteiger partial charge in [0.25, 0.3) is 0 Å². The largest absolute Gasteiger partial charge is 0.308 e. The minimum absolute atomic E-state index is 0.127. The Kier molecular flexibility index (Phi) is 3.22. The molecule has 0 saturated carbocycles. The predicted octanol–water partition coefficient (Wildman–Crippen LogP) is 4.39. The van der Waals surface area contributed by atoms with Gasteiger partial charge >= 0.3 is 0 Å². The summed E-state index contributed by atoms with van der Waals surface area (Å²) in [6.07, 6.45) is 6.23. The lowest BCUT2D eigenvalue weighted by Gasteiger charge is -2.24. The molecular formula is C16H24N2. The molecule has 0 radical (unpaired) electrons. The number of rotatable bonds is 2. The van der Waals surface area contributed by atoms with Crippen LogP contribution in [0.3, 0.4) is 0 Å². The van der Waals surface area contributed by atoms with E-state index in [0.29, 0.717) is 11.8 Å². The monoisotopic (exact) mass is 244 g/mol. The third-order valence-corrected chi connectivity index (χ3v) is 3.81. The Morgan fingerprint density at radius 2 is 1.83 bits per heavy atom. The van der Waals surface area contributed by atoms with Gasteiger partial charge in [0, 0.05) is 24.2 Å². The van der Waals surface area contributed by atoms with Crippen molar-refractivity contribution in [3.8, 4) is 0 Å². The van der Waals surface area contributed by atoms with Crippen molar-refractivity contribution in [3.63, 3.8) is 0 Å². The van der Waals surface area contributed by atoms with E-state index in [1.54, 1.807) is 0 Å². The molecule has 0 aliphatic carbocycles. The molecule has 2 aromatic heterocycles. The van der Waals surface area contributed by atoms with Gasteiger partial charge in [-0.2, -0.15) is 0 Å². The Morgan fingerprint density at radius 1 is 1.17 bits per heavy atom. The molecule has 0 aliphatic heterocycles. The number of nitrogens with zero attached hydrogens (tertiary/aromatic N) is 2. The van der Waals surface area contributed by atoms with Crippen LogP contribution in [-0.4, -0.2) is 9.38 Å². The van der Waals surface area contributed by atoms with E-state index >= 15 is 0 Å². The molecule has 1 atom stereocenters. The molecule has 0 aromatic carbocycles. The zero-order valence-electron chi connectivity index (χ0n) is 12.4. The summed E-state index contributed by atoms with van der Waals surface area (Å²) >= 11 is 0. The van der Waals surface area contributed by atoms with Crippen LogP contribution in [0.25, 0.3) is 5.65 Å². The van der Waals surface area contributed by atoms with Crippen molar-refractivity contribution in [2.24, 2.45) is 5.92 Å². The molecule has 2 nitrogen and oxygen atoms in total. The van der Waals surface area contributed by atoms with Crippen LogP contribution in [0, 0.1) is 5.92 Å². The van der Waals surface area contributed by atoms with E-state index < -0.39 is 0 Å². The molecule has 2 heterocycles. The van der Waals surface area contributed by atoms with Crippen molar-refractivity contribution in [3.05, 3.63) is 35.8 Å². The molecule has 0 aliphatic rings. The number of hydrogen-bond donors (Lipinski definition) is 0. The number of hydrogen-bond acceptors (Lipinski definition) is 1. The standard InChI is InChI=1S/C16H24N2/c1-11(2)12(3)13-10-18-9-7-8-17-15(18)14(13)16(4,5)6/h7-12H,1-6H3. The normalized spacial score (nSPS) is 14.4. The topological polar surface area (TPSA) is 17.3 Å². The van der Waals surface area contributed by atoms with Crippen molar-refractivity contribution >= 4 is 5.65 Å². The Morgan fingerprint density at radius 3 is 2.39 bits per heavy atom. The molecule has 0 spiro atoms. The van der Waals surface area contributed by atoms with E-state index in [2.05, 4.69) is 63.3 Å². The quantitative estimate of drug-likeness (QED) is 0.765. The molecule has 2 heteroatoms. The summed E-state index contributed by atoms with van der Waals surface area (Å²) in [6.45, 7) is 13.7.